The second kappa shape index (κ2) is 35.2. The first-order chi connectivity index (χ1) is 14.7. The molecule has 0 radical (unpaired) electrons. The molecule has 194 valence electrons. The van der Waals surface area contributed by atoms with E-state index in [9.17, 15) is 25.9 Å². The van der Waals surface area contributed by atoms with Crippen LogP contribution in [0.3, 0.4) is 0 Å². The van der Waals surface area contributed by atoms with Crippen LogP contribution in [0.1, 0.15) is 0 Å². The highest BCUT2D eigenvalue weighted by Gasteiger charge is 2.04. The van der Waals surface area contributed by atoms with Crippen molar-refractivity contribution in [3.05, 3.63) is 25.1 Å². The number of hydrogen-bond acceptors (Lipinski definition) is 14. The molecule has 0 aromatic carbocycles. The molecule has 0 fully saturated rings. The van der Waals surface area contributed by atoms with Crippen LogP contribution in [0.25, 0.3) is 0 Å². The molecule has 1 rings (SSSR count). The third-order valence-electron chi connectivity index (χ3n) is 1.30. The van der Waals surface area contributed by atoms with E-state index in [4.69, 9.17) is 60.3 Å². The first kappa shape index (κ1) is 45.1. The van der Waals surface area contributed by atoms with Crippen molar-refractivity contribution in [2.75, 3.05) is 20.3 Å². The van der Waals surface area contributed by atoms with Gasteiger partial charge in [0.05, 0.1) is 6.67 Å². The monoisotopic (exact) mass is 508 g/mol. The smallest absolute Gasteiger partial charge is 0.398 e. The van der Waals surface area contributed by atoms with Crippen LogP contribution in [-0.4, -0.2) is 135 Å². The summed E-state index contributed by atoms with van der Waals surface area (Å²) in [6, 6.07) is 0. The third-order valence-corrected chi connectivity index (χ3v) is 1.30. The Morgan fingerprint density at radius 3 is 0.970 bits per heavy atom. The van der Waals surface area contributed by atoms with Crippen molar-refractivity contribution in [1.82, 2.24) is 9.80 Å². The van der Waals surface area contributed by atoms with E-state index in [-0.39, 0.29) is 0 Å². The van der Waals surface area contributed by atoms with Gasteiger partial charge in [-0.15, -0.1) is 6.58 Å². The highest BCUT2D eigenvalue weighted by Crippen LogP contribution is 2.01. The van der Waals surface area contributed by atoms with Gasteiger partial charge in [-0.2, -0.15) is 0 Å². The van der Waals surface area contributed by atoms with Gasteiger partial charge >= 0.3 is 44.4 Å². The lowest BCUT2D eigenvalue weighted by Gasteiger charge is -2.15. The molecule has 0 spiro atoms. The average Bonchev–Trinajstić information content (AvgIpc) is 2.89. The zero-order valence-corrected chi connectivity index (χ0v) is 16.8. The lowest BCUT2D eigenvalue weighted by molar-refractivity contribution is 0.318. The molecule has 1 heterocycles. The molecule has 0 aromatic rings. The lowest BCUT2D eigenvalue weighted by Crippen LogP contribution is -2.21. The molecule has 0 bridgehead atoms. The Kier molecular flexibility index (Phi) is 48.1. The summed E-state index contributed by atoms with van der Waals surface area (Å²) in [6.45, 7) is 5.59. The molecule has 1 aliphatic heterocycles. The number of hydrogen-bond donors (Lipinski definition) is 12. The molecule has 33 heavy (non-hydrogen) atoms. The van der Waals surface area contributed by atoms with Gasteiger partial charge in [0.25, 0.3) is 0 Å². The van der Waals surface area contributed by atoms with E-state index in [1.54, 1.807) is 0 Å². The third kappa shape index (κ3) is 223. The SMILES string of the molecule is C=CCN1C=CN(C)C1.OB(O)F.OB(O)F.OB(O)F.OB(O)F.OB(O)F.OB(O)F. The van der Waals surface area contributed by atoms with Gasteiger partial charge in [0, 0.05) is 26.0 Å². The van der Waals surface area contributed by atoms with E-state index in [1.165, 1.54) is 0 Å². The second-order valence-corrected chi connectivity index (χ2v) is 4.12. The Hall–Kier alpha value is -1.43. The van der Waals surface area contributed by atoms with Crippen LogP contribution in [0.4, 0.5) is 25.9 Å². The van der Waals surface area contributed by atoms with Gasteiger partial charge in [0.2, 0.25) is 0 Å². The number of nitrogens with zero attached hydrogens (tertiary/aromatic N) is 2. The molecule has 1 aliphatic rings. The molecule has 0 saturated heterocycles. The van der Waals surface area contributed by atoms with E-state index in [2.05, 4.69) is 35.8 Å². The van der Waals surface area contributed by atoms with Crippen LogP contribution >= 0.6 is 0 Å². The summed E-state index contributed by atoms with van der Waals surface area (Å²) >= 11 is 0. The summed E-state index contributed by atoms with van der Waals surface area (Å²) in [5.74, 6) is 0. The van der Waals surface area contributed by atoms with Crippen LogP contribution in [0, 0.1) is 0 Å². The lowest BCUT2D eigenvalue weighted by atomic mass is 10.3. The van der Waals surface area contributed by atoms with Crippen molar-refractivity contribution in [2.24, 2.45) is 0 Å². The summed E-state index contributed by atoms with van der Waals surface area (Å²) in [7, 11) is -13.9. The number of halogens is 6. The first-order valence-corrected chi connectivity index (χ1v) is 7.47. The van der Waals surface area contributed by atoms with Gasteiger partial charge < -0.3 is 70.1 Å². The minimum atomic E-state index is -2.67. The van der Waals surface area contributed by atoms with Crippen molar-refractivity contribution in [3.8, 4) is 0 Å². The van der Waals surface area contributed by atoms with Crippen molar-refractivity contribution >= 4 is 44.4 Å². The Morgan fingerprint density at radius 2 is 0.848 bits per heavy atom. The Labute approximate surface area is 186 Å². The number of rotatable bonds is 2. The zero-order valence-electron chi connectivity index (χ0n) is 16.8. The minimum absolute atomic E-state index is 0.945. The Balaban J connectivity index is -0.0000000672. The maximum Gasteiger partial charge on any atom is 0.674 e. The summed E-state index contributed by atoms with van der Waals surface area (Å²) in [5, 5.41) is 83.3. The van der Waals surface area contributed by atoms with Crippen LogP contribution in [0.2, 0.25) is 0 Å². The summed E-state index contributed by atoms with van der Waals surface area (Å²) in [4.78, 5) is 4.32. The standard InChI is InChI=1S/C7H12N2.6BFH2O2/c1-3-4-9-6-5-8(2)7-9;6*2-1(3)4/h3,5-6H,1,4,7H2,2H3;6*3-4H. The van der Waals surface area contributed by atoms with E-state index >= 15 is 0 Å². The van der Waals surface area contributed by atoms with Crippen LogP contribution in [0.15, 0.2) is 25.1 Å². The average molecular weight is 507 g/mol. The predicted octanol–water partition coefficient (Wildman–Crippen LogP) is -5.60. The first-order valence-electron chi connectivity index (χ1n) is 7.47. The van der Waals surface area contributed by atoms with Gasteiger partial charge in [0.15, 0.2) is 0 Å². The van der Waals surface area contributed by atoms with Crippen molar-refractivity contribution < 1.29 is 86.2 Å². The minimum Gasteiger partial charge on any atom is -0.398 e. The molecule has 0 amide bonds. The maximum atomic E-state index is 10.1. The molecule has 0 atom stereocenters. The van der Waals surface area contributed by atoms with Crippen molar-refractivity contribution in [2.45, 2.75) is 0 Å². The second-order valence-electron chi connectivity index (χ2n) is 4.12. The molecule has 26 heteroatoms. The summed E-state index contributed by atoms with van der Waals surface area (Å²) in [6.07, 6.45) is 6.04. The van der Waals surface area contributed by atoms with Crippen LogP contribution in [-0.2, 0) is 0 Å². The largest absolute Gasteiger partial charge is 0.674 e. The fourth-order valence-corrected chi connectivity index (χ4v) is 0.873. The van der Waals surface area contributed by atoms with Gasteiger partial charge in [-0.3, -0.25) is 25.9 Å². The highest BCUT2D eigenvalue weighted by molar-refractivity contribution is 6.32. The van der Waals surface area contributed by atoms with Gasteiger partial charge in [-0.05, 0) is 0 Å². The molecular formula is C7H24B6F6N2O12. The van der Waals surface area contributed by atoms with Crippen molar-refractivity contribution in [1.29, 1.82) is 0 Å². The Bertz CT molecular complexity index is 336. The van der Waals surface area contributed by atoms with Gasteiger partial charge in [-0.25, -0.2) is 0 Å². The molecule has 0 aromatic heterocycles. The predicted molar refractivity (Wildman–Crippen MR) is 106 cm³/mol. The fraction of sp³-hybridized carbons (Fsp3) is 0.429. The summed E-state index contributed by atoms with van der Waals surface area (Å²) < 4.78 is 60.7. The Morgan fingerprint density at radius 1 is 0.636 bits per heavy atom. The topological polar surface area (TPSA) is 249 Å². The van der Waals surface area contributed by atoms with Crippen LogP contribution < -0.4 is 0 Å². The molecule has 0 aliphatic carbocycles. The highest BCUT2D eigenvalue weighted by atomic mass is 19.1. The van der Waals surface area contributed by atoms with E-state index < -0.39 is 44.4 Å². The van der Waals surface area contributed by atoms with Crippen molar-refractivity contribution in [3.63, 3.8) is 0 Å². The maximum absolute atomic E-state index is 10.1. The fourth-order valence-electron chi connectivity index (χ4n) is 0.873. The molecule has 0 saturated carbocycles. The zero-order chi connectivity index (χ0) is 28.2. The quantitative estimate of drug-likeness (QED) is 0.0947. The van der Waals surface area contributed by atoms with E-state index in [1.807, 2.05) is 6.08 Å². The van der Waals surface area contributed by atoms with Crippen LogP contribution in [0.5, 0.6) is 0 Å². The molecule has 12 N–H and O–H groups in total. The van der Waals surface area contributed by atoms with E-state index in [0.29, 0.717) is 0 Å². The van der Waals surface area contributed by atoms with Gasteiger partial charge in [-0.1, -0.05) is 6.08 Å². The molecule has 14 nitrogen and oxygen atoms in total. The normalized spacial score (nSPS) is 9.55. The van der Waals surface area contributed by atoms with Gasteiger partial charge in [0.1, 0.15) is 0 Å². The summed E-state index contributed by atoms with van der Waals surface area (Å²) in [5.41, 5.74) is 0. The molecule has 0 unspecified atom stereocenters. The molecular weight excluding hydrogens is 483 g/mol. The van der Waals surface area contributed by atoms with E-state index in [0.717, 1.165) is 13.2 Å².